The van der Waals surface area contributed by atoms with Crippen LogP contribution in [0.5, 0.6) is 5.75 Å². The van der Waals surface area contributed by atoms with Crippen molar-refractivity contribution in [2.75, 3.05) is 38.2 Å². The summed E-state index contributed by atoms with van der Waals surface area (Å²) < 4.78 is 7.43. The summed E-state index contributed by atoms with van der Waals surface area (Å²) in [5.74, 6) is 0.915. The Kier molecular flexibility index (Phi) is 5.87. The van der Waals surface area contributed by atoms with Crippen molar-refractivity contribution in [1.29, 1.82) is 0 Å². The number of aryl methyl sites for hydroxylation is 1. The molecule has 0 aliphatic carbocycles. The van der Waals surface area contributed by atoms with Gasteiger partial charge >= 0.3 is 0 Å². The molecule has 0 atom stereocenters. The topological polar surface area (TPSA) is 33.5 Å². The van der Waals surface area contributed by atoms with Gasteiger partial charge in [0.2, 0.25) is 0 Å². The van der Waals surface area contributed by atoms with E-state index in [1.807, 2.05) is 12.1 Å². The van der Waals surface area contributed by atoms with E-state index in [2.05, 4.69) is 54.3 Å². The highest BCUT2D eigenvalue weighted by atomic mass is 16.5. The molecular weight excluding hydrogens is 324 g/mol. The van der Waals surface area contributed by atoms with E-state index < -0.39 is 0 Å². The standard InChI is InChI=1S/C21H32N4O/c1-16(2)25-18(4)21(17(3)22-25)15-23-11-6-12-24(14-13-23)19-7-9-20(26-5)10-8-19/h7-10,16H,6,11-15H2,1-5H3. The predicted molar refractivity (Wildman–Crippen MR) is 107 cm³/mol. The number of nitrogens with zero attached hydrogens (tertiary/aromatic N) is 4. The van der Waals surface area contributed by atoms with Gasteiger partial charge < -0.3 is 9.64 Å². The zero-order chi connectivity index (χ0) is 18.7. The van der Waals surface area contributed by atoms with Gasteiger partial charge in [-0.2, -0.15) is 5.10 Å². The first-order valence-corrected chi connectivity index (χ1v) is 9.65. The summed E-state index contributed by atoms with van der Waals surface area (Å²) in [6.45, 7) is 14.1. The van der Waals surface area contributed by atoms with Crippen molar-refractivity contribution < 1.29 is 4.74 Å². The third-order valence-corrected chi connectivity index (χ3v) is 5.37. The summed E-state index contributed by atoms with van der Waals surface area (Å²) in [5.41, 5.74) is 5.17. The Balaban J connectivity index is 1.65. The molecule has 5 nitrogen and oxygen atoms in total. The molecule has 1 aromatic heterocycles. The third-order valence-electron chi connectivity index (χ3n) is 5.37. The van der Waals surface area contributed by atoms with Crippen molar-refractivity contribution in [3.63, 3.8) is 0 Å². The average molecular weight is 357 g/mol. The van der Waals surface area contributed by atoms with Crippen LogP contribution in [-0.4, -0.2) is 48.0 Å². The Labute approximate surface area is 157 Å². The number of anilines is 1. The van der Waals surface area contributed by atoms with Crippen LogP contribution >= 0.6 is 0 Å². The molecule has 142 valence electrons. The fourth-order valence-corrected chi connectivity index (χ4v) is 3.83. The minimum atomic E-state index is 0.414. The second-order valence-corrected chi connectivity index (χ2v) is 7.50. The maximum absolute atomic E-state index is 5.27. The fourth-order valence-electron chi connectivity index (χ4n) is 3.83. The van der Waals surface area contributed by atoms with E-state index >= 15 is 0 Å². The summed E-state index contributed by atoms with van der Waals surface area (Å²) in [4.78, 5) is 5.06. The summed E-state index contributed by atoms with van der Waals surface area (Å²) in [6, 6.07) is 8.83. The monoisotopic (exact) mass is 356 g/mol. The van der Waals surface area contributed by atoms with Gasteiger partial charge in [0.1, 0.15) is 5.75 Å². The number of benzene rings is 1. The highest BCUT2D eigenvalue weighted by molar-refractivity contribution is 5.49. The molecule has 0 bridgehead atoms. The second kappa shape index (κ2) is 8.12. The Morgan fingerprint density at radius 3 is 2.38 bits per heavy atom. The number of rotatable bonds is 5. The summed E-state index contributed by atoms with van der Waals surface area (Å²) in [7, 11) is 1.71. The summed E-state index contributed by atoms with van der Waals surface area (Å²) in [6.07, 6.45) is 1.18. The van der Waals surface area contributed by atoms with E-state index in [1.54, 1.807) is 7.11 Å². The lowest BCUT2D eigenvalue weighted by Crippen LogP contribution is -2.30. The van der Waals surface area contributed by atoms with Gasteiger partial charge in [-0.05, 0) is 58.4 Å². The molecule has 3 rings (SSSR count). The lowest BCUT2D eigenvalue weighted by atomic mass is 10.1. The zero-order valence-electron chi connectivity index (χ0n) is 16.8. The molecular formula is C21H32N4O. The van der Waals surface area contributed by atoms with Gasteiger partial charge in [-0.15, -0.1) is 0 Å². The number of hydrogen-bond acceptors (Lipinski definition) is 4. The molecule has 5 heteroatoms. The minimum absolute atomic E-state index is 0.414. The third kappa shape index (κ3) is 4.04. The quantitative estimate of drug-likeness (QED) is 0.816. The lowest BCUT2D eigenvalue weighted by Gasteiger charge is -2.24. The SMILES string of the molecule is COc1ccc(N2CCCN(Cc3c(C)nn(C(C)C)c3C)CC2)cc1. The van der Waals surface area contributed by atoms with Crippen molar-refractivity contribution in [3.05, 3.63) is 41.2 Å². The van der Waals surface area contributed by atoms with Crippen LogP contribution in [0.15, 0.2) is 24.3 Å². The molecule has 1 aromatic carbocycles. The number of methoxy groups -OCH3 is 1. The molecule has 2 aromatic rings. The van der Waals surface area contributed by atoms with E-state index in [0.717, 1.165) is 38.5 Å². The Hall–Kier alpha value is -2.01. The van der Waals surface area contributed by atoms with Gasteiger partial charge in [0.25, 0.3) is 0 Å². The molecule has 0 amide bonds. The molecule has 1 aliphatic rings. The van der Waals surface area contributed by atoms with Gasteiger partial charge in [-0.3, -0.25) is 9.58 Å². The molecule has 1 saturated heterocycles. The highest BCUT2D eigenvalue weighted by Crippen LogP contribution is 2.23. The molecule has 26 heavy (non-hydrogen) atoms. The van der Waals surface area contributed by atoms with E-state index in [-0.39, 0.29) is 0 Å². The van der Waals surface area contributed by atoms with E-state index in [0.29, 0.717) is 6.04 Å². The zero-order valence-corrected chi connectivity index (χ0v) is 16.8. The van der Waals surface area contributed by atoms with Crippen LogP contribution in [-0.2, 0) is 6.54 Å². The van der Waals surface area contributed by atoms with Gasteiger partial charge in [-0.1, -0.05) is 0 Å². The molecule has 0 unspecified atom stereocenters. The van der Waals surface area contributed by atoms with Gasteiger partial charge in [0.05, 0.1) is 12.8 Å². The van der Waals surface area contributed by atoms with E-state index in [1.165, 1.54) is 29.1 Å². The van der Waals surface area contributed by atoms with Crippen LogP contribution < -0.4 is 9.64 Å². The first kappa shape index (κ1) is 18.8. The Bertz CT molecular complexity index is 720. The smallest absolute Gasteiger partial charge is 0.119 e. The molecule has 1 aliphatic heterocycles. The van der Waals surface area contributed by atoms with Crippen LogP contribution in [0.25, 0.3) is 0 Å². The van der Waals surface area contributed by atoms with Crippen molar-refractivity contribution in [2.24, 2.45) is 0 Å². The van der Waals surface area contributed by atoms with Crippen LogP contribution in [0.3, 0.4) is 0 Å². The van der Waals surface area contributed by atoms with Gasteiger partial charge in [-0.25, -0.2) is 0 Å². The largest absolute Gasteiger partial charge is 0.497 e. The molecule has 0 saturated carbocycles. The molecule has 0 radical (unpaired) electrons. The Morgan fingerprint density at radius 2 is 1.77 bits per heavy atom. The predicted octanol–water partition coefficient (Wildman–Crippen LogP) is 3.80. The minimum Gasteiger partial charge on any atom is -0.497 e. The first-order chi connectivity index (χ1) is 12.5. The van der Waals surface area contributed by atoms with Crippen molar-refractivity contribution in [3.8, 4) is 5.75 Å². The summed E-state index contributed by atoms with van der Waals surface area (Å²) in [5, 5.41) is 4.75. The van der Waals surface area contributed by atoms with Crippen LogP contribution in [0.4, 0.5) is 5.69 Å². The molecule has 0 N–H and O–H groups in total. The first-order valence-electron chi connectivity index (χ1n) is 9.65. The summed E-state index contributed by atoms with van der Waals surface area (Å²) >= 11 is 0. The van der Waals surface area contributed by atoms with Crippen molar-refractivity contribution in [2.45, 2.75) is 46.7 Å². The second-order valence-electron chi connectivity index (χ2n) is 7.50. The molecule has 2 heterocycles. The maximum Gasteiger partial charge on any atom is 0.119 e. The number of ether oxygens (including phenoxy) is 1. The molecule has 1 fully saturated rings. The Morgan fingerprint density at radius 1 is 1.04 bits per heavy atom. The van der Waals surface area contributed by atoms with Crippen LogP contribution in [0.1, 0.15) is 43.3 Å². The van der Waals surface area contributed by atoms with Gasteiger partial charge in [0, 0.05) is 55.7 Å². The van der Waals surface area contributed by atoms with Crippen LogP contribution in [0, 0.1) is 13.8 Å². The highest BCUT2D eigenvalue weighted by Gasteiger charge is 2.19. The molecule has 0 spiro atoms. The van der Waals surface area contributed by atoms with Gasteiger partial charge in [0.15, 0.2) is 0 Å². The van der Waals surface area contributed by atoms with E-state index in [4.69, 9.17) is 9.84 Å². The van der Waals surface area contributed by atoms with Crippen molar-refractivity contribution >= 4 is 5.69 Å². The normalized spacial score (nSPS) is 16.2. The fraction of sp³-hybridized carbons (Fsp3) is 0.571. The van der Waals surface area contributed by atoms with E-state index in [9.17, 15) is 0 Å². The van der Waals surface area contributed by atoms with Crippen molar-refractivity contribution in [1.82, 2.24) is 14.7 Å². The maximum atomic E-state index is 5.27. The number of hydrogen-bond donors (Lipinski definition) is 0. The number of aromatic nitrogens is 2. The average Bonchev–Trinajstić information content (AvgIpc) is 2.80. The lowest BCUT2D eigenvalue weighted by molar-refractivity contribution is 0.284. The van der Waals surface area contributed by atoms with Crippen LogP contribution in [0.2, 0.25) is 0 Å².